The lowest BCUT2D eigenvalue weighted by molar-refractivity contribution is -0.167. The van der Waals surface area contributed by atoms with Gasteiger partial charge in [0, 0.05) is 13.1 Å². The summed E-state index contributed by atoms with van der Waals surface area (Å²) in [5.41, 5.74) is -0.891. The van der Waals surface area contributed by atoms with E-state index in [1.165, 1.54) is 0 Å². The van der Waals surface area contributed by atoms with Crippen LogP contribution in [0.15, 0.2) is 24.3 Å². The van der Waals surface area contributed by atoms with E-state index in [9.17, 15) is 19.8 Å². The molecule has 6 nitrogen and oxygen atoms in total. The number of methoxy groups -OCH3 is 1. The number of rotatable bonds is 7. The molecule has 2 aliphatic rings. The number of likely N-dealkylation sites (tertiary alicyclic amines) is 1. The van der Waals surface area contributed by atoms with Crippen LogP contribution in [0, 0.1) is 11.3 Å². The van der Waals surface area contributed by atoms with Crippen LogP contribution in [0.3, 0.4) is 0 Å². The second kappa shape index (κ2) is 7.74. The van der Waals surface area contributed by atoms with Gasteiger partial charge >= 0.3 is 5.97 Å². The molecule has 1 saturated heterocycles. The van der Waals surface area contributed by atoms with E-state index in [4.69, 9.17) is 4.74 Å². The van der Waals surface area contributed by atoms with Crippen molar-refractivity contribution in [2.45, 2.75) is 57.5 Å². The highest BCUT2D eigenvalue weighted by Crippen LogP contribution is 2.51. The van der Waals surface area contributed by atoms with Crippen LogP contribution in [-0.2, 0) is 15.0 Å². The summed E-state index contributed by atoms with van der Waals surface area (Å²) >= 11 is 0. The summed E-state index contributed by atoms with van der Waals surface area (Å²) in [6.45, 7) is 4.55. The Hall–Kier alpha value is -2.08. The number of carbonyl (C=O) groups excluding carboxylic acids is 1. The van der Waals surface area contributed by atoms with Crippen LogP contribution in [0.2, 0.25) is 0 Å². The number of nitrogens with zero attached hydrogens (tertiary/aromatic N) is 1. The summed E-state index contributed by atoms with van der Waals surface area (Å²) in [6, 6.07) is 7.55. The van der Waals surface area contributed by atoms with Gasteiger partial charge in [-0.3, -0.25) is 9.59 Å². The maximum absolute atomic E-state index is 13.4. The van der Waals surface area contributed by atoms with E-state index in [1.807, 2.05) is 38.1 Å². The Kier molecular flexibility index (Phi) is 5.71. The second-order valence-corrected chi connectivity index (χ2v) is 8.74. The normalized spacial score (nSPS) is 26.2. The van der Waals surface area contributed by atoms with Gasteiger partial charge in [0.15, 0.2) is 0 Å². The molecule has 28 heavy (non-hydrogen) atoms. The first-order valence-electron chi connectivity index (χ1n) is 10.1. The zero-order chi connectivity index (χ0) is 20.5. The van der Waals surface area contributed by atoms with Crippen LogP contribution in [0.1, 0.15) is 51.5 Å². The third-order valence-electron chi connectivity index (χ3n) is 6.47. The van der Waals surface area contributed by atoms with Crippen LogP contribution < -0.4 is 4.74 Å². The quantitative estimate of drug-likeness (QED) is 0.749. The smallest absolute Gasteiger partial charge is 0.314 e. The molecule has 0 spiro atoms. The molecule has 0 unspecified atom stereocenters. The zero-order valence-corrected chi connectivity index (χ0v) is 17.0. The van der Waals surface area contributed by atoms with Crippen molar-refractivity contribution in [1.29, 1.82) is 0 Å². The minimum Gasteiger partial charge on any atom is -0.497 e. The lowest BCUT2D eigenvalue weighted by Crippen LogP contribution is -2.58. The average molecular weight is 389 g/mol. The molecule has 1 amide bonds. The van der Waals surface area contributed by atoms with Crippen molar-refractivity contribution >= 4 is 11.9 Å². The number of carboxylic acid groups (broad SMARTS) is 1. The molecular weight excluding hydrogens is 358 g/mol. The number of aliphatic carboxylic acids is 1. The van der Waals surface area contributed by atoms with Crippen molar-refractivity contribution in [2.24, 2.45) is 11.3 Å². The Labute approximate surface area is 166 Å². The van der Waals surface area contributed by atoms with Gasteiger partial charge in [-0.1, -0.05) is 26.0 Å². The molecule has 1 saturated carbocycles. The minimum absolute atomic E-state index is 0.0141. The van der Waals surface area contributed by atoms with Gasteiger partial charge in [0.1, 0.15) is 11.2 Å². The molecule has 1 aliphatic heterocycles. The number of ether oxygens (including phenoxy) is 1. The van der Waals surface area contributed by atoms with Gasteiger partial charge in [-0.05, 0) is 55.7 Å². The number of aliphatic hydroxyl groups is 1. The maximum atomic E-state index is 13.4. The van der Waals surface area contributed by atoms with E-state index in [0.717, 1.165) is 24.2 Å². The van der Waals surface area contributed by atoms with Gasteiger partial charge in [0.25, 0.3) is 0 Å². The number of carboxylic acids is 1. The van der Waals surface area contributed by atoms with Crippen molar-refractivity contribution in [3.63, 3.8) is 0 Å². The minimum atomic E-state index is -1.28. The zero-order valence-electron chi connectivity index (χ0n) is 17.0. The molecule has 154 valence electrons. The molecule has 1 aliphatic carbocycles. The standard InChI is InChI=1S/C22H31NO5/c1-15(2)8-10-22(20(26)27)14-23(13-9-18(22)24)19(25)21(11-12-21)16-4-6-17(28-3)7-5-16/h4-7,15,18,24H,8-14H2,1-3H3,(H,26,27)/t18-,22-/m1/s1. The van der Waals surface area contributed by atoms with Crippen molar-refractivity contribution in [1.82, 2.24) is 4.90 Å². The van der Waals surface area contributed by atoms with Gasteiger partial charge in [0.2, 0.25) is 5.91 Å². The highest BCUT2D eigenvalue weighted by Gasteiger charge is 2.56. The van der Waals surface area contributed by atoms with Gasteiger partial charge in [0.05, 0.1) is 18.6 Å². The summed E-state index contributed by atoms with van der Waals surface area (Å²) in [7, 11) is 1.61. The number of benzene rings is 1. The molecule has 2 atom stereocenters. The average Bonchev–Trinajstić information content (AvgIpc) is 3.48. The molecule has 0 bridgehead atoms. The van der Waals surface area contributed by atoms with E-state index >= 15 is 0 Å². The Morgan fingerprint density at radius 1 is 1.25 bits per heavy atom. The molecule has 1 aromatic rings. The molecule has 2 fully saturated rings. The molecule has 3 rings (SSSR count). The number of piperidine rings is 1. The number of hydrogen-bond donors (Lipinski definition) is 2. The summed E-state index contributed by atoms with van der Waals surface area (Å²) in [5, 5.41) is 20.5. The van der Waals surface area contributed by atoms with Crippen LogP contribution in [0.4, 0.5) is 0 Å². The Morgan fingerprint density at radius 3 is 2.39 bits per heavy atom. The topological polar surface area (TPSA) is 87.1 Å². The fourth-order valence-corrected chi connectivity index (χ4v) is 4.33. The van der Waals surface area contributed by atoms with E-state index in [2.05, 4.69) is 0 Å². The third kappa shape index (κ3) is 3.62. The van der Waals surface area contributed by atoms with E-state index in [0.29, 0.717) is 31.7 Å². The summed E-state index contributed by atoms with van der Waals surface area (Å²) in [5.74, 6) is 0.0578. The fraction of sp³-hybridized carbons (Fsp3) is 0.636. The maximum Gasteiger partial charge on any atom is 0.314 e. The lowest BCUT2D eigenvalue weighted by atomic mass is 9.72. The fourth-order valence-electron chi connectivity index (χ4n) is 4.33. The van der Waals surface area contributed by atoms with Crippen molar-refractivity contribution in [3.05, 3.63) is 29.8 Å². The monoisotopic (exact) mass is 389 g/mol. The van der Waals surface area contributed by atoms with Gasteiger partial charge < -0.3 is 19.8 Å². The van der Waals surface area contributed by atoms with Gasteiger partial charge in [-0.2, -0.15) is 0 Å². The van der Waals surface area contributed by atoms with Crippen LogP contribution >= 0.6 is 0 Å². The van der Waals surface area contributed by atoms with Gasteiger partial charge in [-0.25, -0.2) is 0 Å². The molecule has 0 aromatic heterocycles. The molecular formula is C22H31NO5. The summed E-state index contributed by atoms with van der Waals surface area (Å²) < 4.78 is 5.20. The van der Waals surface area contributed by atoms with Gasteiger partial charge in [-0.15, -0.1) is 0 Å². The number of carbonyl (C=O) groups is 2. The molecule has 6 heteroatoms. The Bertz CT molecular complexity index is 725. The first-order valence-corrected chi connectivity index (χ1v) is 10.1. The molecule has 1 aromatic carbocycles. The third-order valence-corrected chi connectivity index (χ3v) is 6.47. The highest BCUT2D eigenvalue weighted by molar-refractivity contribution is 5.92. The summed E-state index contributed by atoms with van der Waals surface area (Å²) in [4.78, 5) is 27.3. The Balaban J connectivity index is 1.82. The van der Waals surface area contributed by atoms with Crippen LogP contribution in [0.5, 0.6) is 5.75 Å². The second-order valence-electron chi connectivity index (χ2n) is 8.74. The highest BCUT2D eigenvalue weighted by atomic mass is 16.5. The number of hydrogen-bond acceptors (Lipinski definition) is 4. The molecule has 0 radical (unpaired) electrons. The van der Waals surface area contributed by atoms with Crippen molar-refractivity contribution in [3.8, 4) is 5.75 Å². The van der Waals surface area contributed by atoms with Crippen LogP contribution in [-0.4, -0.2) is 53.3 Å². The van der Waals surface area contributed by atoms with E-state index in [1.54, 1.807) is 12.0 Å². The van der Waals surface area contributed by atoms with Crippen molar-refractivity contribution in [2.75, 3.05) is 20.2 Å². The predicted octanol–water partition coefficient (Wildman–Crippen LogP) is 2.83. The lowest BCUT2D eigenvalue weighted by Gasteiger charge is -2.44. The predicted molar refractivity (Wildman–Crippen MR) is 105 cm³/mol. The van der Waals surface area contributed by atoms with E-state index in [-0.39, 0.29) is 12.5 Å². The molecule has 1 heterocycles. The van der Waals surface area contributed by atoms with Crippen molar-refractivity contribution < 1.29 is 24.5 Å². The first-order chi connectivity index (χ1) is 13.2. The SMILES string of the molecule is COc1ccc(C2(C(=O)N3CC[C@@H](O)[C@](CCC(C)C)(C(=O)O)C3)CC2)cc1. The number of amides is 1. The first kappa shape index (κ1) is 20.6. The summed E-state index contributed by atoms with van der Waals surface area (Å²) in [6.07, 6.45) is 1.99. The van der Waals surface area contributed by atoms with E-state index < -0.39 is 22.9 Å². The number of aliphatic hydroxyl groups excluding tert-OH is 1. The molecule has 2 N–H and O–H groups in total. The Morgan fingerprint density at radius 2 is 1.89 bits per heavy atom. The van der Waals surface area contributed by atoms with Crippen LogP contribution in [0.25, 0.3) is 0 Å². The largest absolute Gasteiger partial charge is 0.497 e.